The lowest BCUT2D eigenvalue weighted by molar-refractivity contribution is 0.0690. The lowest BCUT2D eigenvalue weighted by atomic mass is 9.92. The molecular formula is C16H24N4O2. The standard InChI is InChI=1S/C16H24N4O2/c21-15(22)13-10-18-14(11-17-13)19-12-16(6-2-3-7-16)20-8-4-1-5-9-20/h10-11H,1-9,12H2,(H,18,19)(H,21,22). The molecule has 0 amide bonds. The highest BCUT2D eigenvalue weighted by Crippen LogP contribution is 2.37. The molecule has 0 aromatic carbocycles. The van der Waals surface area contributed by atoms with Crippen LogP contribution in [0.15, 0.2) is 12.4 Å². The Morgan fingerprint density at radius 3 is 2.45 bits per heavy atom. The molecule has 2 heterocycles. The van der Waals surface area contributed by atoms with Gasteiger partial charge in [0.25, 0.3) is 0 Å². The number of likely N-dealkylation sites (tertiary alicyclic amines) is 1. The van der Waals surface area contributed by atoms with E-state index in [1.54, 1.807) is 0 Å². The largest absolute Gasteiger partial charge is 0.476 e. The van der Waals surface area contributed by atoms with Crippen LogP contribution in [0.3, 0.4) is 0 Å². The second kappa shape index (κ2) is 6.60. The summed E-state index contributed by atoms with van der Waals surface area (Å²) in [7, 11) is 0. The molecular weight excluding hydrogens is 280 g/mol. The van der Waals surface area contributed by atoms with Gasteiger partial charge in [-0.15, -0.1) is 0 Å². The van der Waals surface area contributed by atoms with Crippen molar-refractivity contribution in [3.8, 4) is 0 Å². The second-order valence-electron chi connectivity index (χ2n) is 6.42. The van der Waals surface area contributed by atoms with E-state index < -0.39 is 5.97 Å². The summed E-state index contributed by atoms with van der Waals surface area (Å²) < 4.78 is 0. The molecule has 3 rings (SSSR count). The first-order valence-electron chi connectivity index (χ1n) is 8.24. The van der Waals surface area contributed by atoms with E-state index in [-0.39, 0.29) is 11.2 Å². The fourth-order valence-electron chi connectivity index (χ4n) is 3.79. The van der Waals surface area contributed by atoms with Crippen LogP contribution in [0.4, 0.5) is 5.82 Å². The minimum Gasteiger partial charge on any atom is -0.476 e. The topological polar surface area (TPSA) is 78.3 Å². The number of piperidine rings is 1. The molecule has 120 valence electrons. The number of anilines is 1. The summed E-state index contributed by atoms with van der Waals surface area (Å²) in [5.41, 5.74) is 0.227. The van der Waals surface area contributed by atoms with Gasteiger partial charge in [-0.05, 0) is 38.8 Å². The number of hydrogen-bond acceptors (Lipinski definition) is 5. The maximum Gasteiger partial charge on any atom is 0.356 e. The maximum absolute atomic E-state index is 10.8. The molecule has 1 aromatic heterocycles. The van der Waals surface area contributed by atoms with Gasteiger partial charge in [0, 0.05) is 12.1 Å². The number of hydrogen-bond donors (Lipinski definition) is 2. The van der Waals surface area contributed by atoms with Gasteiger partial charge in [0.1, 0.15) is 5.82 Å². The van der Waals surface area contributed by atoms with E-state index >= 15 is 0 Å². The summed E-state index contributed by atoms with van der Waals surface area (Å²) in [5.74, 6) is -0.382. The zero-order valence-electron chi connectivity index (χ0n) is 12.9. The molecule has 2 N–H and O–H groups in total. The van der Waals surface area contributed by atoms with Crippen LogP contribution in [0.2, 0.25) is 0 Å². The molecule has 22 heavy (non-hydrogen) atoms. The number of nitrogens with zero attached hydrogens (tertiary/aromatic N) is 3. The van der Waals surface area contributed by atoms with Crippen LogP contribution in [-0.2, 0) is 0 Å². The molecule has 0 bridgehead atoms. The summed E-state index contributed by atoms with van der Waals surface area (Å²) >= 11 is 0. The van der Waals surface area contributed by atoms with Crippen LogP contribution in [0.5, 0.6) is 0 Å². The first kappa shape index (κ1) is 15.2. The minimum atomic E-state index is -1.04. The van der Waals surface area contributed by atoms with Gasteiger partial charge in [-0.2, -0.15) is 0 Å². The van der Waals surface area contributed by atoms with Gasteiger partial charge in [0.2, 0.25) is 0 Å². The molecule has 0 spiro atoms. The van der Waals surface area contributed by atoms with Crippen LogP contribution in [-0.4, -0.2) is 51.1 Å². The molecule has 6 nitrogen and oxygen atoms in total. The van der Waals surface area contributed by atoms with Gasteiger partial charge in [0.15, 0.2) is 5.69 Å². The molecule has 1 saturated heterocycles. The third-order valence-corrected chi connectivity index (χ3v) is 5.03. The predicted molar refractivity (Wildman–Crippen MR) is 84.1 cm³/mol. The number of rotatable bonds is 5. The molecule has 2 fully saturated rings. The Morgan fingerprint density at radius 1 is 1.14 bits per heavy atom. The predicted octanol–water partition coefficient (Wildman–Crippen LogP) is 2.39. The van der Waals surface area contributed by atoms with E-state index in [0.717, 1.165) is 6.54 Å². The van der Waals surface area contributed by atoms with Crippen molar-refractivity contribution in [1.82, 2.24) is 14.9 Å². The van der Waals surface area contributed by atoms with Gasteiger partial charge in [0.05, 0.1) is 12.4 Å². The van der Waals surface area contributed by atoms with Crippen LogP contribution < -0.4 is 5.32 Å². The van der Waals surface area contributed by atoms with E-state index in [1.807, 2.05) is 0 Å². The fraction of sp³-hybridized carbons (Fsp3) is 0.688. The molecule has 1 aromatic rings. The Morgan fingerprint density at radius 2 is 1.86 bits per heavy atom. The minimum absolute atomic E-state index is 0.0165. The van der Waals surface area contributed by atoms with Crippen molar-refractivity contribution in [2.75, 3.05) is 25.0 Å². The summed E-state index contributed by atoms with van der Waals surface area (Å²) in [6, 6.07) is 0. The maximum atomic E-state index is 10.8. The molecule has 1 aliphatic heterocycles. The van der Waals surface area contributed by atoms with Gasteiger partial charge in [-0.1, -0.05) is 19.3 Å². The molecule has 0 unspecified atom stereocenters. The monoisotopic (exact) mass is 304 g/mol. The van der Waals surface area contributed by atoms with Crippen LogP contribution in [0, 0.1) is 0 Å². The van der Waals surface area contributed by atoms with Crippen LogP contribution >= 0.6 is 0 Å². The van der Waals surface area contributed by atoms with E-state index in [9.17, 15) is 4.79 Å². The van der Waals surface area contributed by atoms with Gasteiger partial charge in [-0.25, -0.2) is 14.8 Å². The van der Waals surface area contributed by atoms with Crippen molar-refractivity contribution in [3.63, 3.8) is 0 Å². The van der Waals surface area contributed by atoms with Crippen LogP contribution in [0.1, 0.15) is 55.4 Å². The van der Waals surface area contributed by atoms with Gasteiger partial charge < -0.3 is 10.4 Å². The smallest absolute Gasteiger partial charge is 0.356 e. The SMILES string of the molecule is O=C(O)c1cnc(NCC2(N3CCCCC3)CCCC2)cn1. The first-order valence-corrected chi connectivity index (χ1v) is 8.24. The van der Waals surface area contributed by atoms with Crippen molar-refractivity contribution in [2.24, 2.45) is 0 Å². The average Bonchev–Trinajstić information content (AvgIpc) is 3.04. The fourth-order valence-corrected chi connectivity index (χ4v) is 3.79. The number of carboxylic acid groups (broad SMARTS) is 1. The Bertz CT molecular complexity index is 505. The summed E-state index contributed by atoms with van der Waals surface area (Å²) in [6.07, 6.45) is 11.8. The Kier molecular flexibility index (Phi) is 4.57. The zero-order valence-corrected chi connectivity index (χ0v) is 12.9. The lowest BCUT2D eigenvalue weighted by Gasteiger charge is -2.43. The number of aromatic carboxylic acids is 1. The van der Waals surface area contributed by atoms with Crippen LogP contribution in [0.25, 0.3) is 0 Å². The summed E-state index contributed by atoms with van der Waals surface area (Å²) in [4.78, 5) is 21.6. The molecule has 0 radical (unpaired) electrons. The van der Waals surface area contributed by atoms with Crippen molar-refractivity contribution < 1.29 is 9.90 Å². The van der Waals surface area contributed by atoms with E-state index in [1.165, 1.54) is 70.4 Å². The lowest BCUT2D eigenvalue weighted by Crippen LogP contribution is -2.53. The summed E-state index contributed by atoms with van der Waals surface area (Å²) in [5, 5.41) is 12.2. The second-order valence-corrected chi connectivity index (χ2v) is 6.42. The van der Waals surface area contributed by atoms with E-state index in [4.69, 9.17) is 5.11 Å². The van der Waals surface area contributed by atoms with Crippen molar-refractivity contribution in [2.45, 2.75) is 50.5 Å². The normalized spacial score (nSPS) is 21.6. The highest BCUT2D eigenvalue weighted by Gasteiger charge is 2.39. The van der Waals surface area contributed by atoms with Crippen molar-refractivity contribution >= 4 is 11.8 Å². The Hall–Kier alpha value is -1.69. The van der Waals surface area contributed by atoms with E-state index in [0.29, 0.717) is 5.82 Å². The summed E-state index contributed by atoms with van der Waals surface area (Å²) in [6.45, 7) is 3.27. The van der Waals surface area contributed by atoms with E-state index in [2.05, 4.69) is 20.2 Å². The number of carboxylic acids is 1. The van der Waals surface area contributed by atoms with Gasteiger partial charge >= 0.3 is 5.97 Å². The quantitative estimate of drug-likeness (QED) is 0.869. The average molecular weight is 304 g/mol. The molecule has 2 aliphatic rings. The zero-order chi connectivity index (χ0) is 15.4. The number of carbonyl (C=O) groups is 1. The Balaban J connectivity index is 1.65. The molecule has 1 saturated carbocycles. The molecule has 6 heteroatoms. The highest BCUT2D eigenvalue weighted by molar-refractivity contribution is 5.84. The molecule has 1 aliphatic carbocycles. The third kappa shape index (κ3) is 3.21. The van der Waals surface area contributed by atoms with Crippen molar-refractivity contribution in [1.29, 1.82) is 0 Å². The number of nitrogens with one attached hydrogen (secondary N) is 1. The number of aromatic nitrogens is 2. The van der Waals surface area contributed by atoms with Gasteiger partial charge in [-0.3, -0.25) is 4.90 Å². The third-order valence-electron chi connectivity index (χ3n) is 5.03. The first-order chi connectivity index (χ1) is 10.7. The van der Waals surface area contributed by atoms with Crippen molar-refractivity contribution in [3.05, 3.63) is 18.1 Å². The Labute approximate surface area is 131 Å². The highest BCUT2D eigenvalue weighted by atomic mass is 16.4. The molecule has 0 atom stereocenters.